The molecule has 0 aliphatic carbocycles. The summed E-state index contributed by atoms with van der Waals surface area (Å²) in [4.78, 5) is 22.5. The van der Waals surface area contributed by atoms with Gasteiger partial charge in [-0.3, -0.25) is 20.0 Å². The van der Waals surface area contributed by atoms with Gasteiger partial charge in [-0.25, -0.2) is 5.43 Å². The number of H-pyrrole nitrogens is 1. The molecule has 0 aliphatic heterocycles. The number of carbonyl (C=O) groups excluding carboxylic acids is 1. The predicted octanol–water partition coefficient (Wildman–Crippen LogP) is 3.41. The Bertz CT molecular complexity index is 1050. The fourth-order valence-electron chi connectivity index (χ4n) is 2.31. The first-order chi connectivity index (χ1) is 13.5. The van der Waals surface area contributed by atoms with Gasteiger partial charge in [-0.2, -0.15) is 10.2 Å². The number of hydrogen-bond acceptors (Lipinski definition) is 6. The molecule has 3 rings (SSSR count). The van der Waals surface area contributed by atoms with E-state index in [1.165, 1.54) is 24.4 Å². The Hall–Kier alpha value is -3.72. The molecule has 0 saturated heterocycles. The quantitative estimate of drug-likeness (QED) is 0.373. The molecule has 1 amide bonds. The molecule has 0 unspecified atom stereocenters. The summed E-state index contributed by atoms with van der Waals surface area (Å²) in [6.45, 7) is 0. The van der Waals surface area contributed by atoms with Crippen LogP contribution in [-0.4, -0.2) is 34.4 Å². The van der Waals surface area contributed by atoms with E-state index in [1.807, 2.05) is 12.1 Å². The minimum Gasteiger partial charge on any atom is -0.497 e. The largest absolute Gasteiger partial charge is 0.497 e. The Morgan fingerprint density at radius 3 is 2.71 bits per heavy atom. The minimum atomic E-state index is -0.544. The van der Waals surface area contributed by atoms with Gasteiger partial charge in [-0.05, 0) is 36.4 Å². The van der Waals surface area contributed by atoms with Crippen molar-refractivity contribution in [1.82, 2.24) is 15.6 Å². The maximum Gasteiger partial charge on any atom is 0.289 e. The van der Waals surface area contributed by atoms with Gasteiger partial charge in [-0.15, -0.1) is 0 Å². The van der Waals surface area contributed by atoms with Gasteiger partial charge < -0.3 is 4.74 Å². The zero-order valence-electron chi connectivity index (χ0n) is 14.5. The molecule has 28 heavy (non-hydrogen) atoms. The van der Waals surface area contributed by atoms with Crippen molar-refractivity contribution in [3.05, 3.63) is 74.9 Å². The molecule has 9 nitrogen and oxygen atoms in total. The van der Waals surface area contributed by atoms with Crippen molar-refractivity contribution < 1.29 is 14.5 Å². The highest BCUT2D eigenvalue weighted by Crippen LogP contribution is 2.22. The number of carbonyl (C=O) groups is 1. The highest BCUT2D eigenvalue weighted by atomic mass is 35.5. The average Bonchev–Trinajstić information content (AvgIpc) is 3.19. The van der Waals surface area contributed by atoms with E-state index in [9.17, 15) is 14.9 Å². The van der Waals surface area contributed by atoms with E-state index in [4.69, 9.17) is 16.3 Å². The lowest BCUT2D eigenvalue weighted by Gasteiger charge is -2.00. The number of nitro groups is 1. The molecule has 3 aromatic rings. The first kappa shape index (κ1) is 19.1. The van der Waals surface area contributed by atoms with Crippen LogP contribution in [0.15, 0.2) is 53.6 Å². The van der Waals surface area contributed by atoms with Crippen LogP contribution < -0.4 is 10.2 Å². The number of rotatable bonds is 6. The summed E-state index contributed by atoms with van der Waals surface area (Å²) in [5.74, 6) is 0.191. The van der Waals surface area contributed by atoms with Crippen LogP contribution in [0.4, 0.5) is 5.69 Å². The molecular formula is C18H14ClN5O4. The topological polar surface area (TPSA) is 123 Å². The third kappa shape index (κ3) is 4.33. The Kier molecular flexibility index (Phi) is 5.66. The first-order valence-corrected chi connectivity index (χ1v) is 8.33. The number of hydrazone groups is 1. The summed E-state index contributed by atoms with van der Waals surface area (Å²) in [6, 6.07) is 12.7. The number of nitrogens with zero attached hydrogens (tertiary/aromatic N) is 3. The second-order valence-electron chi connectivity index (χ2n) is 5.56. The average molecular weight is 400 g/mol. The summed E-state index contributed by atoms with van der Waals surface area (Å²) < 4.78 is 5.10. The van der Waals surface area contributed by atoms with E-state index < -0.39 is 10.8 Å². The molecule has 0 aliphatic rings. The number of hydrogen-bond donors (Lipinski definition) is 2. The fourth-order valence-corrected chi connectivity index (χ4v) is 2.48. The van der Waals surface area contributed by atoms with Gasteiger partial charge >= 0.3 is 0 Å². The molecule has 0 spiro atoms. The van der Waals surface area contributed by atoms with Gasteiger partial charge in [-0.1, -0.05) is 11.6 Å². The number of non-ortho nitro benzene ring substituents is 1. The summed E-state index contributed by atoms with van der Waals surface area (Å²) >= 11 is 5.97. The summed E-state index contributed by atoms with van der Waals surface area (Å²) in [7, 11) is 1.58. The van der Waals surface area contributed by atoms with Crippen LogP contribution in [0.5, 0.6) is 5.75 Å². The molecule has 10 heteroatoms. The maximum atomic E-state index is 12.2. The number of nitro benzene ring substituents is 1. The number of amides is 1. The zero-order chi connectivity index (χ0) is 20.1. The van der Waals surface area contributed by atoms with Crippen LogP contribution in [0.25, 0.3) is 11.3 Å². The number of ether oxygens (including phenoxy) is 1. The molecule has 0 radical (unpaired) electrons. The molecule has 1 aromatic heterocycles. The van der Waals surface area contributed by atoms with Crippen molar-refractivity contribution in [2.45, 2.75) is 0 Å². The molecule has 0 bridgehead atoms. The van der Waals surface area contributed by atoms with E-state index in [0.29, 0.717) is 17.0 Å². The number of methoxy groups -OCH3 is 1. The van der Waals surface area contributed by atoms with Crippen LogP contribution in [-0.2, 0) is 0 Å². The summed E-state index contributed by atoms with van der Waals surface area (Å²) in [5.41, 5.74) is 4.08. The molecule has 142 valence electrons. The van der Waals surface area contributed by atoms with Gasteiger partial charge in [0.25, 0.3) is 11.6 Å². The zero-order valence-corrected chi connectivity index (χ0v) is 15.3. The standard InChI is InChI=1S/C18H14ClN5O4/c1-28-14-5-2-11(3-6-14)16-9-17(22-21-16)18(25)23-20-10-12-8-13(24(26)27)4-7-15(12)19/h2-10H,1H3,(H,21,22)(H,23,25)/b20-10+. The van der Waals surface area contributed by atoms with E-state index in [0.717, 1.165) is 5.56 Å². The van der Waals surface area contributed by atoms with Gasteiger partial charge in [0, 0.05) is 28.3 Å². The minimum absolute atomic E-state index is 0.130. The molecule has 0 fully saturated rings. The van der Waals surface area contributed by atoms with E-state index in [-0.39, 0.29) is 16.4 Å². The SMILES string of the molecule is COc1ccc(-c2cc(C(=O)N/N=C/c3cc([N+](=O)[O-])ccc3Cl)[nH]n2)cc1. The lowest BCUT2D eigenvalue weighted by atomic mass is 10.1. The van der Waals surface area contributed by atoms with E-state index >= 15 is 0 Å². The van der Waals surface area contributed by atoms with Gasteiger partial charge in [0.05, 0.1) is 23.9 Å². The second-order valence-corrected chi connectivity index (χ2v) is 5.96. The summed E-state index contributed by atoms with van der Waals surface area (Å²) in [6.07, 6.45) is 1.23. The van der Waals surface area contributed by atoms with Gasteiger partial charge in [0.15, 0.2) is 0 Å². The summed E-state index contributed by atoms with van der Waals surface area (Å²) in [5, 5.41) is 21.6. The Morgan fingerprint density at radius 2 is 2.04 bits per heavy atom. The van der Waals surface area contributed by atoms with Crippen LogP contribution >= 0.6 is 11.6 Å². The first-order valence-electron chi connectivity index (χ1n) is 7.95. The lowest BCUT2D eigenvalue weighted by molar-refractivity contribution is -0.384. The van der Waals surface area contributed by atoms with Crippen LogP contribution in [0.2, 0.25) is 5.02 Å². The van der Waals surface area contributed by atoms with Crippen LogP contribution in [0.1, 0.15) is 16.1 Å². The Balaban J connectivity index is 1.68. The number of nitrogens with one attached hydrogen (secondary N) is 2. The van der Waals surface area contributed by atoms with Crippen molar-refractivity contribution in [3.8, 4) is 17.0 Å². The molecular weight excluding hydrogens is 386 g/mol. The van der Waals surface area contributed by atoms with Crippen molar-refractivity contribution >= 4 is 29.4 Å². The number of halogens is 1. The Labute approximate surface area is 164 Å². The van der Waals surface area contributed by atoms with Crippen molar-refractivity contribution in [3.63, 3.8) is 0 Å². The van der Waals surface area contributed by atoms with Crippen LogP contribution in [0, 0.1) is 10.1 Å². The van der Waals surface area contributed by atoms with Crippen LogP contribution in [0.3, 0.4) is 0 Å². The van der Waals surface area contributed by atoms with Crippen molar-refractivity contribution in [1.29, 1.82) is 0 Å². The molecule has 1 heterocycles. The third-order valence-electron chi connectivity index (χ3n) is 3.77. The molecule has 0 saturated carbocycles. The molecule has 2 N–H and O–H groups in total. The normalized spacial score (nSPS) is 10.8. The van der Waals surface area contributed by atoms with Crippen molar-refractivity contribution in [2.24, 2.45) is 5.10 Å². The Morgan fingerprint density at radius 1 is 1.29 bits per heavy atom. The monoisotopic (exact) mass is 399 g/mol. The molecule has 0 atom stereocenters. The van der Waals surface area contributed by atoms with Gasteiger partial charge in [0.1, 0.15) is 11.4 Å². The number of aromatic amines is 1. The van der Waals surface area contributed by atoms with E-state index in [2.05, 4.69) is 20.7 Å². The highest BCUT2D eigenvalue weighted by molar-refractivity contribution is 6.33. The van der Waals surface area contributed by atoms with E-state index in [1.54, 1.807) is 25.3 Å². The maximum absolute atomic E-state index is 12.2. The van der Waals surface area contributed by atoms with Gasteiger partial charge in [0.2, 0.25) is 0 Å². The number of benzene rings is 2. The number of aromatic nitrogens is 2. The lowest BCUT2D eigenvalue weighted by Crippen LogP contribution is -2.18. The highest BCUT2D eigenvalue weighted by Gasteiger charge is 2.11. The second kappa shape index (κ2) is 8.31. The molecule has 2 aromatic carbocycles. The van der Waals surface area contributed by atoms with Crippen molar-refractivity contribution in [2.75, 3.05) is 7.11 Å². The fraction of sp³-hybridized carbons (Fsp3) is 0.0556. The predicted molar refractivity (Wildman–Crippen MR) is 104 cm³/mol. The third-order valence-corrected chi connectivity index (χ3v) is 4.11. The smallest absolute Gasteiger partial charge is 0.289 e.